The first-order valence-electron chi connectivity index (χ1n) is 8.52. The van der Waals surface area contributed by atoms with Crippen molar-refractivity contribution in [1.82, 2.24) is 4.31 Å². The number of carbonyl (C=O) groups is 2. The summed E-state index contributed by atoms with van der Waals surface area (Å²) in [5, 5.41) is 0. The third kappa shape index (κ3) is 4.44. The molecular weight excluding hydrogens is 389 g/mol. The molecule has 1 saturated heterocycles. The van der Waals surface area contributed by atoms with Crippen molar-refractivity contribution in [2.45, 2.75) is 4.90 Å². The number of rotatable bonds is 6. The molecule has 1 aliphatic rings. The van der Waals surface area contributed by atoms with Crippen molar-refractivity contribution in [3.63, 3.8) is 0 Å². The van der Waals surface area contributed by atoms with Crippen LogP contribution in [-0.4, -0.2) is 57.4 Å². The van der Waals surface area contributed by atoms with Crippen LogP contribution < -0.4 is 0 Å². The molecule has 7 nitrogen and oxygen atoms in total. The van der Waals surface area contributed by atoms with Gasteiger partial charge in [0.1, 0.15) is 5.82 Å². The van der Waals surface area contributed by atoms with Crippen molar-refractivity contribution in [2.24, 2.45) is 0 Å². The highest BCUT2D eigenvalue weighted by Gasteiger charge is 2.26. The van der Waals surface area contributed by atoms with Gasteiger partial charge in [-0.05, 0) is 36.4 Å². The smallest absolute Gasteiger partial charge is 0.341 e. The molecule has 9 heteroatoms. The van der Waals surface area contributed by atoms with Crippen LogP contribution >= 0.6 is 0 Å². The second kappa shape index (κ2) is 8.59. The monoisotopic (exact) mass is 407 g/mol. The molecule has 0 aromatic heterocycles. The van der Waals surface area contributed by atoms with Gasteiger partial charge in [0.15, 0.2) is 12.4 Å². The number of halogens is 1. The molecule has 2 aromatic rings. The molecule has 3 rings (SSSR count). The number of hydrogen-bond acceptors (Lipinski definition) is 6. The Hall–Kier alpha value is -2.62. The predicted octanol–water partition coefficient (Wildman–Crippen LogP) is 1.89. The first-order chi connectivity index (χ1) is 13.4. The summed E-state index contributed by atoms with van der Waals surface area (Å²) in [6.45, 7) is 0.638. The highest BCUT2D eigenvalue weighted by molar-refractivity contribution is 7.89. The number of morpholine rings is 1. The van der Waals surface area contributed by atoms with Gasteiger partial charge in [0.25, 0.3) is 0 Å². The van der Waals surface area contributed by atoms with E-state index in [1.165, 1.54) is 46.8 Å². The van der Waals surface area contributed by atoms with Crippen molar-refractivity contribution in [3.05, 3.63) is 65.5 Å². The molecule has 0 spiro atoms. The first-order valence-corrected chi connectivity index (χ1v) is 9.96. The normalized spacial score (nSPS) is 15.2. The van der Waals surface area contributed by atoms with Crippen LogP contribution in [0.1, 0.15) is 20.7 Å². The van der Waals surface area contributed by atoms with Gasteiger partial charge >= 0.3 is 5.97 Å². The second-order valence-corrected chi connectivity index (χ2v) is 7.96. The van der Waals surface area contributed by atoms with Crippen LogP contribution in [0.3, 0.4) is 0 Å². The van der Waals surface area contributed by atoms with Crippen molar-refractivity contribution in [3.8, 4) is 0 Å². The molecule has 2 aromatic carbocycles. The summed E-state index contributed by atoms with van der Waals surface area (Å²) >= 11 is 0. The van der Waals surface area contributed by atoms with E-state index in [1.54, 1.807) is 0 Å². The molecule has 0 amide bonds. The minimum absolute atomic E-state index is 0.0642. The summed E-state index contributed by atoms with van der Waals surface area (Å²) in [4.78, 5) is 24.1. The molecule has 28 heavy (non-hydrogen) atoms. The molecule has 0 aliphatic carbocycles. The van der Waals surface area contributed by atoms with E-state index < -0.39 is 34.2 Å². The maximum atomic E-state index is 13.5. The van der Waals surface area contributed by atoms with E-state index in [4.69, 9.17) is 9.47 Å². The van der Waals surface area contributed by atoms with E-state index >= 15 is 0 Å². The van der Waals surface area contributed by atoms with Gasteiger partial charge in [-0.2, -0.15) is 4.31 Å². The van der Waals surface area contributed by atoms with Gasteiger partial charge in [0.2, 0.25) is 10.0 Å². The lowest BCUT2D eigenvalue weighted by Crippen LogP contribution is -2.40. The predicted molar refractivity (Wildman–Crippen MR) is 97.0 cm³/mol. The van der Waals surface area contributed by atoms with Crippen molar-refractivity contribution in [2.75, 3.05) is 32.9 Å². The van der Waals surface area contributed by atoms with Gasteiger partial charge in [-0.3, -0.25) is 4.79 Å². The Morgan fingerprint density at radius 1 is 1.04 bits per heavy atom. The highest BCUT2D eigenvalue weighted by Crippen LogP contribution is 2.18. The minimum Gasteiger partial charge on any atom is -0.454 e. The average molecular weight is 407 g/mol. The lowest BCUT2D eigenvalue weighted by Gasteiger charge is -2.26. The van der Waals surface area contributed by atoms with Crippen molar-refractivity contribution >= 4 is 21.8 Å². The molecule has 0 saturated carbocycles. The molecule has 1 fully saturated rings. The number of benzene rings is 2. The number of ether oxygens (including phenoxy) is 2. The fraction of sp³-hybridized carbons (Fsp3) is 0.263. The molecule has 0 unspecified atom stereocenters. The number of ketones is 1. The molecule has 0 atom stereocenters. The molecular formula is C19H18FNO6S. The van der Waals surface area contributed by atoms with Crippen LogP contribution in [0.15, 0.2) is 53.4 Å². The third-order valence-corrected chi connectivity index (χ3v) is 6.13. The second-order valence-electron chi connectivity index (χ2n) is 6.02. The van der Waals surface area contributed by atoms with E-state index in [2.05, 4.69) is 0 Å². The zero-order chi connectivity index (χ0) is 20.1. The fourth-order valence-corrected chi connectivity index (χ4v) is 4.08. The third-order valence-electron chi connectivity index (χ3n) is 4.21. The van der Waals surface area contributed by atoms with Gasteiger partial charge in [0, 0.05) is 18.7 Å². The average Bonchev–Trinajstić information content (AvgIpc) is 2.73. The minimum atomic E-state index is -3.66. The maximum absolute atomic E-state index is 13.5. The Labute approximate surface area is 161 Å². The Balaban J connectivity index is 1.64. The summed E-state index contributed by atoms with van der Waals surface area (Å²) in [5.74, 6) is -2.21. The number of nitrogens with zero attached hydrogens (tertiary/aromatic N) is 1. The lowest BCUT2D eigenvalue weighted by molar-refractivity contribution is 0.0470. The molecule has 0 bridgehead atoms. The molecule has 148 valence electrons. The SMILES string of the molecule is O=C(COC(=O)c1ccccc1F)c1ccc(S(=O)(=O)N2CCOCC2)cc1. The summed E-state index contributed by atoms with van der Waals surface area (Å²) in [5.41, 5.74) is -0.0792. The Kier molecular flexibility index (Phi) is 6.18. The van der Waals surface area contributed by atoms with Gasteiger partial charge < -0.3 is 9.47 Å². The Bertz CT molecular complexity index is 968. The lowest BCUT2D eigenvalue weighted by atomic mass is 10.1. The Morgan fingerprint density at radius 2 is 1.68 bits per heavy atom. The first kappa shape index (κ1) is 20.1. The van der Waals surface area contributed by atoms with Gasteiger partial charge in [-0.15, -0.1) is 0 Å². The van der Waals surface area contributed by atoms with E-state index in [0.29, 0.717) is 13.2 Å². The summed E-state index contributed by atoms with van der Waals surface area (Å²) in [7, 11) is -3.66. The molecule has 0 radical (unpaired) electrons. The van der Waals surface area contributed by atoms with Crippen LogP contribution in [0.2, 0.25) is 0 Å². The maximum Gasteiger partial charge on any atom is 0.341 e. The fourth-order valence-electron chi connectivity index (χ4n) is 2.67. The van der Waals surface area contributed by atoms with E-state index in [1.807, 2.05) is 0 Å². The Morgan fingerprint density at radius 3 is 2.32 bits per heavy atom. The number of sulfonamides is 1. The van der Waals surface area contributed by atoms with E-state index in [0.717, 1.165) is 6.07 Å². The van der Waals surface area contributed by atoms with E-state index in [9.17, 15) is 22.4 Å². The zero-order valence-corrected chi connectivity index (χ0v) is 15.7. The zero-order valence-electron chi connectivity index (χ0n) is 14.8. The van der Waals surface area contributed by atoms with Crippen LogP contribution in [-0.2, 0) is 19.5 Å². The quantitative estimate of drug-likeness (QED) is 0.537. The van der Waals surface area contributed by atoms with Gasteiger partial charge in [-0.25, -0.2) is 17.6 Å². The number of esters is 1. The van der Waals surface area contributed by atoms with Crippen LogP contribution in [0.5, 0.6) is 0 Å². The van der Waals surface area contributed by atoms with Gasteiger partial charge in [0.05, 0.1) is 23.7 Å². The van der Waals surface area contributed by atoms with Crippen LogP contribution in [0, 0.1) is 5.82 Å². The number of carbonyl (C=O) groups excluding carboxylic acids is 2. The van der Waals surface area contributed by atoms with Crippen molar-refractivity contribution < 1.29 is 31.9 Å². The molecule has 0 N–H and O–H groups in total. The largest absolute Gasteiger partial charge is 0.454 e. The van der Waals surface area contributed by atoms with Crippen LogP contribution in [0.25, 0.3) is 0 Å². The van der Waals surface area contributed by atoms with E-state index in [-0.39, 0.29) is 29.1 Å². The van der Waals surface area contributed by atoms with Crippen LogP contribution in [0.4, 0.5) is 4.39 Å². The highest BCUT2D eigenvalue weighted by atomic mass is 32.2. The summed E-state index contributed by atoms with van der Waals surface area (Å²) in [6, 6.07) is 10.7. The molecule has 1 heterocycles. The number of Topliss-reactive ketones (excluding diaryl/α,β-unsaturated/α-hetero) is 1. The topological polar surface area (TPSA) is 90.0 Å². The summed E-state index contributed by atoms with van der Waals surface area (Å²) in [6.07, 6.45) is 0. The van der Waals surface area contributed by atoms with Gasteiger partial charge in [-0.1, -0.05) is 12.1 Å². The molecule has 1 aliphatic heterocycles. The standard InChI is InChI=1S/C19H18FNO6S/c20-17-4-2-1-3-16(17)19(23)27-13-18(22)14-5-7-15(8-6-14)28(24,25)21-9-11-26-12-10-21/h1-8H,9-13H2. The summed E-state index contributed by atoms with van der Waals surface area (Å²) < 4.78 is 50.0. The number of hydrogen-bond donors (Lipinski definition) is 0. The van der Waals surface area contributed by atoms with Crippen molar-refractivity contribution in [1.29, 1.82) is 0 Å².